The molecule has 1 amide bonds. The molecule has 0 bridgehead atoms. The zero-order valence-corrected chi connectivity index (χ0v) is 21.5. The Morgan fingerprint density at radius 1 is 1.14 bits per heavy atom. The third-order valence-corrected chi connectivity index (χ3v) is 7.38. The van der Waals surface area contributed by atoms with E-state index in [0.717, 1.165) is 71.8 Å². The molecule has 4 N–H and O–H groups in total. The van der Waals surface area contributed by atoms with Gasteiger partial charge in [-0.25, -0.2) is 9.97 Å². The highest BCUT2D eigenvalue weighted by atomic mass is 16.2. The number of amides is 1. The van der Waals surface area contributed by atoms with Crippen molar-refractivity contribution in [1.29, 1.82) is 0 Å². The molecule has 0 atom stereocenters. The van der Waals surface area contributed by atoms with Crippen molar-refractivity contribution < 1.29 is 4.79 Å². The van der Waals surface area contributed by atoms with E-state index in [1.165, 1.54) is 31.9 Å². The number of hydrogen-bond acceptors (Lipinski definition) is 6. The van der Waals surface area contributed by atoms with Crippen molar-refractivity contribution in [3.8, 4) is 11.3 Å². The van der Waals surface area contributed by atoms with Gasteiger partial charge in [0.1, 0.15) is 6.33 Å². The van der Waals surface area contributed by atoms with E-state index in [9.17, 15) is 4.79 Å². The van der Waals surface area contributed by atoms with Crippen LogP contribution in [0.15, 0.2) is 55.2 Å². The molecule has 1 saturated carbocycles. The van der Waals surface area contributed by atoms with Gasteiger partial charge in [-0.3, -0.25) is 9.69 Å². The Balaban J connectivity index is 1.58. The molecule has 190 valence electrons. The first-order valence-corrected chi connectivity index (χ1v) is 13.0. The lowest BCUT2D eigenvalue weighted by Gasteiger charge is -2.38. The summed E-state index contributed by atoms with van der Waals surface area (Å²) in [6.07, 6.45) is 12.7. The monoisotopic (exact) mass is 486 g/mol. The maximum atomic E-state index is 13.4. The van der Waals surface area contributed by atoms with Gasteiger partial charge in [0.2, 0.25) is 0 Å². The quantitative estimate of drug-likeness (QED) is 0.573. The molecule has 0 spiro atoms. The van der Waals surface area contributed by atoms with Crippen LogP contribution >= 0.6 is 0 Å². The fourth-order valence-corrected chi connectivity index (χ4v) is 5.41. The Labute approximate surface area is 214 Å². The van der Waals surface area contributed by atoms with Crippen molar-refractivity contribution >= 4 is 11.5 Å². The van der Waals surface area contributed by atoms with Crippen LogP contribution in [0.5, 0.6) is 0 Å². The lowest BCUT2D eigenvalue weighted by Crippen LogP contribution is -2.51. The first kappa shape index (κ1) is 25.6. The fourth-order valence-electron chi connectivity index (χ4n) is 5.41. The number of rotatable bonds is 7. The van der Waals surface area contributed by atoms with E-state index in [1.807, 2.05) is 36.1 Å². The summed E-state index contributed by atoms with van der Waals surface area (Å²) < 4.78 is 0. The minimum Gasteiger partial charge on any atom is -0.404 e. The zero-order valence-electron chi connectivity index (χ0n) is 21.5. The molecule has 1 aliphatic heterocycles. The van der Waals surface area contributed by atoms with E-state index < -0.39 is 0 Å². The van der Waals surface area contributed by atoms with Crippen LogP contribution in [0.1, 0.15) is 59.8 Å². The summed E-state index contributed by atoms with van der Waals surface area (Å²) in [6.45, 7) is 11.3. The zero-order chi connectivity index (χ0) is 25.7. The molecule has 7 nitrogen and oxygen atoms in total. The van der Waals surface area contributed by atoms with Crippen LogP contribution in [0.3, 0.4) is 0 Å². The number of carbonyl (C=O) groups is 1. The highest BCUT2D eigenvalue weighted by molar-refractivity contribution is 5.96. The average Bonchev–Trinajstić information content (AvgIpc) is 3.44. The minimum atomic E-state index is 0.106. The molecule has 1 aliphatic carbocycles. The molecule has 0 unspecified atom stereocenters. The minimum absolute atomic E-state index is 0.106. The highest BCUT2D eigenvalue weighted by Gasteiger charge is 2.28. The molecule has 1 aromatic carbocycles. The van der Waals surface area contributed by atoms with Crippen LogP contribution in [0.25, 0.3) is 16.8 Å². The number of carbonyl (C=O) groups excluding carboxylic acids is 1. The molecule has 7 heteroatoms. The third-order valence-electron chi connectivity index (χ3n) is 7.38. The van der Waals surface area contributed by atoms with Gasteiger partial charge in [0.15, 0.2) is 0 Å². The molecule has 2 aliphatic rings. The molecule has 2 fully saturated rings. The summed E-state index contributed by atoms with van der Waals surface area (Å²) >= 11 is 0. The predicted molar refractivity (Wildman–Crippen MR) is 146 cm³/mol. The summed E-state index contributed by atoms with van der Waals surface area (Å²) in [6, 6.07) is 6.65. The summed E-state index contributed by atoms with van der Waals surface area (Å²) in [4.78, 5) is 27.1. The second kappa shape index (κ2) is 11.5. The van der Waals surface area contributed by atoms with Crippen LogP contribution in [0, 0.1) is 6.92 Å². The third kappa shape index (κ3) is 5.51. The second-order valence-corrected chi connectivity index (χ2v) is 9.72. The Morgan fingerprint density at radius 2 is 1.86 bits per heavy atom. The number of nitrogens with zero attached hydrogens (tertiary/aromatic N) is 4. The molecule has 2 heterocycles. The van der Waals surface area contributed by atoms with Gasteiger partial charge in [0.05, 0.1) is 11.4 Å². The first-order chi connectivity index (χ1) is 17.4. The molecule has 0 radical (unpaired) electrons. The van der Waals surface area contributed by atoms with Crippen molar-refractivity contribution in [1.82, 2.24) is 19.8 Å². The van der Waals surface area contributed by atoms with Crippen molar-refractivity contribution in [3.05, 3.63) is 77.5 Å². The van der Waals surface area contributed by atoms with Crippen molar-refractivity contribution in [2.24, 2.45) is 11.5 Å². The van der Waals surface area contributed by atoms with Gasteiger partial charge in [0.25, 0.3) is 5.91 Å². The van der Waals surface area contributed by atoms with Gasteiger partial charge in [-0.05, 0) is 50.0 Å². The summed E-state index contributed by atoms with van der Waals surface area (Å²) in [5, 5.41) is 0. The normalized spacial score (nSPS) is 17.7. The average molecular weight is 487 g/mol. The van der Waals surface area contributed by atoms with E-state index in [0.29, 0.717) is 11.7 Å². The number of benzene rings is 1. The van der Waals surface area contributed by atoms with Crippen LogP contribution in [-0.4, -0.2) is 57.9 Å². The summed E-state index contributed by atoms with van der Waals surface area (Å²) in [5.74, 6) is 0.106. The van der Waals surface area contributed by atoms with E-state index in [-0.39, 0.29) is 5.91 Å². The van der Waals surface area contributed by atoms with Gasteiger partial charge in [0, 0.05) is 66.4 Å². The van der Waals surface area contributed by atoms with E-state index in [4.69, 9.17) is 11.5 Å². The topological polar surface area (TPSA) is 101 Å². The van der Waals surface area contributed by atoms with Gasteiger partial charge in [-0.1, -0.05) is 38.5 Å². The number of nitrogens with two attached hydrogens (primary N) is 2. The van der Waals surface area contributed by atoms with Crippen LogP contribution in [0.2, 0.25) is 0 Å². The molecule has 1 saturated heterocycles. The lowest BCUT2D eigenvalue weighted by molar-refractivity contribution is 0.0572. The van der Waals surface area contributed by atoms with Crippen molar-refractivity contribution in [2.45, 2.75) is 52.0 Å². The lowest BCUT2D eigenvalue weighted by atomic mass is 9.94. The number of hydrogen-bond donors (Lipinski definition) is 2. The van der Waals surface area contributed by atoms with E-state index in [2.05, 4.69) is 28.4 Å². The van der Waals surface area contributed by atoms with Gasteiger partial charge >= 0.3 is 0 Å². The number of allylic oxidation sites excluding steroid dienone is 3. The molecule has 36 heavy (non-hydrogen) atoms. The molecule has 1 aromatic heterocycles. The smallest absolute Gasteiger partial charge is 0.254 e. The van der Waals surface area contributed by atoms with E-state index in [1.54, 1.807) is 12.4 Å². The number of aromatic nitrogens is 2. The standard InChI is InChI=1S/C29H38N6O/c1-4-26-27(23(18-30)10-9-21(3)31)28(33-19-32-26)22-11-12-25(20(2)17-22)29(36)35-15-13-34(14-16-35)24-7-5-6-8-24/h9-12,17-19,24H,3-8,13-16,30-31H2,1-2H3/b10-9-,23-18+. The number of piperazine rings is 1. The van der Waals surface area contributed by atoms with Crippen molar-refractivity contribution in [2.75, 3.05) is 26.2 Å². The van der Waals surface area contributed by atoms with Gasteiger partial charge in [-0.15, -0.1) is 0 Å². The maximum absolute atomic E-state index is 13.4. The maximum Gasteiger partial charge on any atom is 0.254 e. The molecular weight excluding hydrogens is 448 g/mol. The van der Waals surface area contributed by atoms with Crippen LogP contribution in [-0.2, 0) is 6.42 Å². The Morgan fingerprint density at radius 3 is 2.47 bits per heavy atom. The van der Waals surface area contributed by atoms with Crippen LogP contribution in [0.4, 0.5) is 0 Å². The Kier molecular flexibility index (Phi) is 8.21. The SMILES string of the molecule is C=C(N)/C=C\C(=C/N)c1c(CC)ncnc1-c1ccc(C(=O)N2CCN(C3CCCC3)CC2)c(C)c1. The van der Waals surface area contributed by atoms with Gasteiger partial charge < -0.3 is 16.4 Å². The van der Waals surface area contributed by atoms with Crippen molar-refractivity contribution in [3.63, 3.8) is 0 Å². The number of aryl methyl sites for hydroxylation is 2. The van der Waals surface area contributed by atoms with E-state index >= 15 is 0 Å². The second-order valence-electron chi connectivity index (χ2n) is 9.72. The first-order valence-electron chi connectivity index (χ1n) is 13.0. The molecular formula is C29H38N6O. The summed E-state index contributed by atoms with van der Waals surface area (Å²) in [5.41, 5.74) is 18.1. The largest absolute Gasteiger partial charge is 0.404 e. The fraction of sp³-hybridized carbons (Fsp3) is 0.414. The van der Waals surface area contributed by atoms with Gasteiger partial charge in [-0.2, -0.15) is 0 Å². The predicted octanol–water partition coefficient (Wildman–Crippen LogP) is 4.04. The Hall–Kier alpha value is -3.45. The Bertz CT molecular complexity index is 1170. The van der Waals surface area contributed by atoms with Crippen LogP contribution < -0.4 is 11.5 Å². The highest BCUT2D eigenvalue weighted by Crippen LogP contribution is 2.32. The summed E-state index contributed by atoms with van der Waals surface area (Å²) in [7, 11) is 0. The molecule has 2 aromatic rings. The molecule has 4 rings (SSSR count).